The molecule has 2 unspecified atom stereocenters. The minimum absolute atomic E-state index is 0.0944. The van der Waals surface area contributed by atoms with Gasteiger partial charge in [-0.05, 0) is 81.3 Å². The van der Waals surface area contributed by atoms with E-state index in [1.165, 1.54) is 6.07 Å². The summed E-state index contributed by atoms with van der Waals surface area (Å²) in [6.07, 6.45) is 8.40. The van der Waals surface area contributed by atoms with Crippen molar-refractivity contribution in [3.05, 3.63) is 24.0 Å². The van der Waals surface area contributed by atoms with E-state index in [2.05, 4.69) is 9.62 Å². The smallest absolute Gasteiger partial charge is 0.231 e. The maximum absolute atomic E-state index is 15.0. The number of carbonyl (C=O) groups excluding carboxylic acids is 1. The van der Waals surface area contributed by atoms with Gasteiger partial charge in [0, 0.05) is 31.2 Å². The van der Waals surface area contributed by atoms with E-state index in [4.69, 9.17) is 0 Å². The van der Waals surface area contributed by atoms with Crippen molar-refractivity contribution in [3.8, 4) is 0 Å². The highest BCUT2D eigenvalue weighted by atomic mass is 32.2. The first kappa shape index (κ1) is 22.6. The Morgan fingerprint density at radius 2 is 1.85 bits per heavy atom. The van der Waals surface area contributed by atoms with E-state index in [-0.39, 0.29) is 23.2 Å². The van der Waals surface area contributed by atoms with Crippen molar-refractivity contribution in [2.24, 2.45) is 23.2 Å². The van der Waals surface area contributed by atoms with Crippen molar-refractivity contribution in [1.29, 1.82) is 0 Å². The van der Waals surface area contributed by atoms with Gasteiger partial charge < -0.3 is 14.9 Å². The molecule has 2 heterocycles. The number of hydrogen-bond donors (Lipinski definition) is 2. The number of nitrogens with zero attached hydrogens (tertiary/aromatic N) is 2. The zero-order valence-electron chi connectivity index (χ0n) is 19.7. The maximum atomic E-state index is 15.0. The third kappa shape index (κ3) is 3.53. The molecule has 3 atom stereocenters. The predicted molar refractivity (Wildman–Crippen MR) is 127 cm³/mol. The first-order valence-corrected chi connectivity index (χ1v) is 14.5. The highest BCUT2D eigenvalue weighted by molar-refractivity contribution is 7.92. The third-order valence-corrected chi connectivity index (χ3v) is 10.1. The SMILES string of the molecule is CS(=O)(=O)Nc1ccc(N2CCC[C@@]3(CCN(C45CC6CC(C4)C(O)C(C6)C5)C3=O)C2)c(F)c1. The molecule has 6 aliphatic rings. The van der Waals surface area contributed by atoms with Crippen molar-refractivity contribution < 1.29 is 22.7 Å². The predicted octanol–water partition coefficient (Wildman–Crippen LogP) is 2.96. The van der Waals surface area contributed by atoms with Gasteiger partial charge in [-0.25, -0.2) is 12.8 Å². The number of rotatable bonds is 4. The first-order chi connectivity index (χ1) is 16.1. The fourth-order valence-electron chi connectivity index (χ4n) is 8.32. The van der Waals surface area contributed by atoms with Crippen molar-refractivity contribution in [2.75, 3.05) is 35.5 Å². The van der Waals surface area contributed by atoms with Gasteiger partial charge in [-0.15, -0.1) is 0 Å². The zero-order chi connectivity index (χ0) is 23.9. The van der Waals surface area contributed by atoms with Crippen LogP contribution in [-0.2, 0) is 14.8 Å². The summed E-state index contributed by atoms with van der Waals surface area (Å²) in [6.45, 7) is 1.93. The lowest BCUT2D eigenvalue weighted by atomic mass is 9.51. The summed E-state index contributed by atoms with van der Waals surface area (Å²) in [5.74, 6) is 1.02. The minimum Gasteiger partial charge on any atom is -0.393 e. The molecule has 1 aromatic rings. The van der Waals surface area contributed by atoms with Crippen molar-refractivity contribution >= 4 is 27.3 Å². The van der Waals surface area contributed by atoms with Crippen LogP contribution in [-0.4, -0.2) is 61.9 Å². The van der Waals surface area contributed by atoms with E-state index in [0.29, 0.717) is 36.5 Å². The number of benzene rings is 1. The fraction of sp³-hybridized carbons (Fsp3) is 0.720. The molecule has 1 aromatic carbocycles. The van der Waals surface area contributed by atoms with E-state index in [1.54, 1.807) is 12.1 Å². The number of piperidine rings is 1. The topological polar surface area (TPSA) is 90.0 Å². The van der Waals surface area contributed by atoms with Gasteiger partial charge in [-0.2, -0.15) is 0 Å². The number of anilines is 2. The van der Waals surface area contributed by atoms with Crippen LogP contribution in [0, 0.1) is 29.0 Å². The highest BCUT2D eigenvalue weighted by Crippen LogP contribution is 2.59. The van der Waals surface area contributed by atoms with Gasteiger partial charge in [-0.1, -0.05) is 0 Å². The number of amides is 1. The van der Waals surface area contributed by atoms with Crippen LogP contribution in [0.25, 0.3) is 0 Å². The lowest BCUT2D eigenvalue weighted by Crippen LogP contribution is -2.65. The van der Waals surface area contributed by atoms with E-state index >= 15 is 4.39 Å². The van der Waals surface area contributed by atoms with Crippen LogP contribution in [0.5, 0.6) is 0 Å². The number of aliphatic hydroxyl groups excluding tert-OH is 1. The molecular formula is C25H34FN3O4S. The Kier molecular flexibility index (Phi) is 5.02. The average molecular weight is 492 g/mol. The summed E-state index contributed by atoms with van der Waals surface area (Å²) in [7, 11) is -3.48. The van der Waals surface area contributed by atoms with Gasteiger partial charge in [0.1, 0.15) is 5.82 Å². The first-order valence-electron chi connectivity index (χ1n) is 12.6. The second-order valence-corrected chi connectivity index (χ2v) is 13.5. The number of halogens is 1. The lowest BCUT2D eigenvalue weighted by molar-refractivity contribution is -0.167. The van der Waals surface area contributed by atoms with Gasteiger partial charge in [-0.3, -0.25) is 9.52 Å². The molecule has 4 saturated carbocycles. The molecule has 2 aliphatic heterocycles. The van der Waals surface area contributed by atoms with E-state index in [0.717, 1.165) is 64.2 Å². The van der Waals surface area contributed by atoms with Gasteiger partial charge in [0.25, 0.3) is 0 Å². The molecule has 0 aromatic heterocycles. The number of carbonyl (C=O) groups is 1. The monoisotopic (exact) mass is 491 g/mol. The van der Waals surface area contributed by atoms with Crippen molar-refractivity contribution in [2.45, 2.75) is 63.0 Å². The molecule has 1 spiro atoms. The molecule has 2 N–H and O–H groups in total. The Balaban J connectivity index is 1.22. The standard InChI is InChI=1S/C25H34FN3O4S/c1-34(32,33)27-19-3-4-21(20(26)11-19)28-7-2-5-24(15-28)6-8-29(23(24)31)25-12-16-9-17(13-25)22(30)18(10-16)14-25/h3-4,11,16-18,22,27,30H,2,5-10,12-15H2,1H3/t16?,17?,18?,22?,24-,25?/m1/s1. The molecular weight excluding hydrogens is 457 g/mol. The molecule has 4 aliphatic carbocycles. The van der Waals surface area contributed by atoms with Gasteiger partial charge in [0.2, 0.25) is 15.9 Å². The highest BCUT2D eigenvalue weighted by Gasteiger charge is 2.62. The van der Waals surface area contributed by atoms with Gasteiger partial charge in [0.05, 0.1) is 29.1 Å². The van der Waals surface area contributed by atoms with Crippen LogP contribution >= 0.6 is 0 Å². The lowest BCUT2D eigenvalue weighted by Gasteiger charge is -2.61. The Hall–Kier alpha value is -1.87. The number of sulfonamides is 1. The Morgan fingerprint density at radius 3 is 2.53 bits per heavy atom. The third-order valence-electron chi connectivity index (χ3n) is 9.44. The molecule has 1 amide bonds. The summed E-state index contributed by atoms with van der Waals surface area (Å²) in [5.41, 5.74) is 0.0314. The summed E-state index contributed by atoms with van der Waals surface area (Å²) < 4.78 is 40.3. The summed E-state index contributed by atoms with van der Waals surface area (Å²) in [5, 5.41) is 10.7. The van der Waals surface area contributed by atoms with Crippen molar-refractivity contribution in [3.63, 3.8) is 0 Å². The van der Waals surface area contributed by atoms with Gasteiger partial charge >= 0.3 is 0 Å². The molecule has 0 radical (unpaired) electrons. The van der Waals surface area contributed by atoms with Crippen LogP contribution in [0.2, 0.25) is 0 Å². The van der Waals surface area contributed by atoms with E-state index in [9.17, 15) is 18.3 Å². The second-order valence-electron chi connectivity index (χ2n) is 11.7. The van der Waals surface area contributed by atoms with Crippen LogP contribution in [0.15, 0.2) is 18.2 Å². The summed E-state index contributed by atoms with van der Waals surface area (Å²) in [4.78, 5) is 18.2. The normalized spacial score (nSPS) is 39.3. The van der Waals surface area contributed by atoms with Gasteiger partial charge in [0.15, 0.2) is 0 Å². The molecule has 2 saturated heterocycles. The number of nitrogens with one attached hydrogen (secondary N) is 1. The Morgan fingerprint density at radius 1 is 1.12 bits per heavy atom. The molecule has 7 rings (SSSR count). The fourth-order valence-corrected chi connectivity index (χ4v) is 8.87. The molecule has 4 bridgehead atoms. The van der Waals surface area contributed by atoms with Crippen LogP contribution in [0.1, 0.15) is 51.4 Å². The zero-order valence-corrected chi connectivity index (χ0v) is 20.5. The number of likely N-dealkylation sites (tertiary alicyclic amines) is 1. The molecule has 34 heavy (non-hydrogen) atoms. The second kappa shape index (κ2) is 7.56. The summed E-state index contributed by atoms with van der Waals surface area (Å²) >= 11 is 0. The average Bonchev–Trinajstić information content (AvgIpc) is 3.06. The van der Waals surface area contributed by atoms with Crippen LogP contribution in [0.3, 0.4) is 0 Å². The number of aliphatic hydroxyl groups is 1. The van der Waals surface area contributed by atoms with Crippen LogP contribution < -0.4 is 9.62 Å². The largest absolute Gasteiger partial charge is 0.393 e. The minimum atomic E-state index is -3.48. The van der Waals surface area contributed by atoms with E-state index in [1.807, 2.05) is 4.90 Å². The molecule has 9 heteroatoms. The maximum Gasteiger partial charge on any atom is 0.231 e. The molecule has 186 valence electrons. The van der Waals surface area contributed by atoms with E-state index < -0.39 is 21.3 Å². The van der Waals surface area contributed by atoms with Crippen molar-refractivity contribution in [1.82, 2.24) is 4.90 Å². The molecule has 7 nitrogen and oxygen atoms in total. The number of hydrogen-bond acceptors (Lipinski definition) is 5. The quantitative estimate of drug-likeness (QED) is 0.676. The summed E-state index contributed by atoms with van der Waals surface area (Å²) in [6, 6.07) is 4.39. The Labute approximate surface area is 200 Å². The molecule has 6 fully saturated rings. The van der Waals surface area contributed by atoms with Crippen LogP contribution in [0.4, 0.5) is 15.8 Å². The Bertz CT molecular complexity index is 1110.